The molecule has 122 valence electrons. The standard InChI is InChI=1S/C12H8ClF3N4O3/c13-8-2-1-7(20(22)23)5-9(8)17-11(21)6-19-4-3-10(18-19)12(14,15)16/h1-5H,6H2,(H,17,21). The van der Waals surface area contributed by atoms with Gasteiger partial charge in [-0.2, -0.15) is 18.3 Å². The molecule has 1 aromatic carbocycles. The number of nitrogens with zero attached hydrogens (tertiary/aromatic N) is 3. The third-order valence-corrected chi connectivity index (χ3v) is 3.00. The van der Waals surface area contributed by atoms with Crippen molar-refractivity contribution in [2.45, 2.75) is 12.7 Å². The lowest BCUT2D eigenvalue weighted by Gasteiger charge is -2.07. The maximum Gasteiger partial charge on any atom is 0.435 e. The van der Waals surface area contributed by atoms with E-state index in [9.17, 15) is 28.1 Å². The first-order valence-electron chi connectivity index (χ1n) is 6.01. The molecule has 0 radical (unpaired) electrons. The number of hydrogen-bond acceptors (Lipinski definition) is 4. The Bertz CT molecular complexity index is 760. The lowest BCUT2D eigenvalue weighted by atomic mass is 10.3. The Kier molecular flexibility index (Phi) is 4.55. The average Bonchev–Trinajstić information content (AvgIpc) is 2.89. The molecule has 2 rings (SSSR count). The van der Waals surface area contributed by atoms with E-state index in [4.69, 9.17) is 11.6 Å². The number of nitro groups is 1. The van der Waals surface area contributed by atoms with Gasteiger partial charge in [-0.15, -0.1) is 0 Å². The molecule has 0 saturated carbocycles. The highest BCUT2D eigenvalue weighted by Crippen LogP contribution is 2.28. The largest absolute Gasteiger partial charge is 0.435 e. The number of hydrogen-bond donors (Lipinski definition) is 1. The number of amides is 1. The van der Waals surface area contributed by atoms with Gasteiger partial charge in [-0.3, -0.25) is 19.6 Å². The van der Waals surface area contributed by atoms with Gasteiger partial charge in [0.1, 0.15) is 6.54 Å². The normalized spacial score (nSPS) is 11.3. The van der Waals surface area contributed by atoms with Crippen molar-refractivity contribution in [3.8, 4) is 0 Å². The predicted octanol–water partition coefficient (Wildman–Crippen LogP) is 3.10. The van der Waals surface area contributed by atoms with Gasteiger partial charge in [0.15, 0.2) is 5.69 Å². The summed E-state index contributed by atoms with van der Waals surface area (Å²) in [5, 5.41) is 16.2. The second-order valence-corrected chi connectivity index (χ2v) is 4.77. The van der Waals surface area contributed by atoms with Gasteiger partial charge >= 0.3 is 6.18 Å². The number of benzene rings is 1. The first kappa shape index (κ1) is 16.7. The number of carbonyl (C=O) groups excluding carboxylic acids is 1. The fraction of sp³-hybridized carbons (Fsp3) is 0.167. The van der Waals surface area contributed by atoms with E-state index in [0.717, 1.165) is 29.1 Å². The van der Waals surface area contributed by atoms with Crippen LogP contribution in [0.15, 0.2) is 30.5 Å². The molecule has 1 amide bonds. The summed E-state index contributed by atoms with van der Waals surface area (Å²) in [5.74, 6) is -0.732. The highest BCUT2D eigenvalue weighted by Gasteiger charge is 2.33. The maximum absolute atomic E-state index is 12.4. The van der Waals surface area contributed by atoms with E-state index in [0.29, 0.717) is 0 Å². The Labute approximate surface area is 131 Å². The van der Waals surface area contributed by atoms with Crippen LogP contribution in [0, 0.1) is 10.1 Å². The smallest absolute Gasteiger partial charge is 0.323 e. The molecule has 0 atom stereocenters. The van der Waals surface area contributed by atoms with Crippen molar-refractivity contribution in [1.82, 2.24) is 9.78 Å². The summed E-state index contributed by atoms with van der Waals surface area (Å²) in [4.78, 5) is 21.8. The third kappa shape index (κ3) is 4.19. The van der Waals surface area contributed by atoms with E-state index in [1.54, 1.807) is 0 Å². The Balaban J connectivity index is 2.09. The van der Waals surface area contributed by atoms with E-state index in [1.807, 2.05) is 0 Å². The first-order chi connectivity index (χ1) is 10.7. The summed E-state index contributed by atoms with van der Waals surface area (Å²) in [6.45, 7) is -0.505. The minimum atomic E-state index is -4.61. The maximum atomic E-state index is 12.4. The molecule has 0 spiro atoms. The first-order valence-corrected chi connectivity index (χ1v) is 6.39. The molecular weight excluding hydrogens is 341 g/mol. The van der Waals surface area contributed by atoms with Gasteiger partial charge in [0.05, 0.1) is 15.6 Å². The van der Waals surface area contributed by atoms with Crippen molar-refractivity contribution in [3.63, 3.8) is 0 Å². The molecule has 1 aromatic heterocycles. The molecule has 23 heavy (non-hydrogen) atoms. The molecule has 0 unspecified atom stereocenters. The number of nitrogens with one attached hydrogen (secondary N) is 1. The lowest BCUT2D eigenvalue weighted by molar-refractivity contribution is -0.384. The molecule has 0 fully saturated rings. The van der Waals surface area contributed by atoms with Crippen LogP contribution in [0.3, 0.4) is 0 Å². The predicted molar refractivity (Wildman–Crippen MR) is 74.0 cm³/mol. The van der Waals surface area contributed by atoms with Crippen molar-refractivity contribution in [3.05, 3.63) is 51.3 Å². The van der Waals surface area contributed by atoms with Gasteiger partial charge in [-0.1, -0.05) is 11.6 Å². The molecular formula is C12H8ClF3N4O3. The Morgan fingerprint density at radius 3 is 2.65 bits per heavy atom. The van der Waals surface area contributed by atoms with Gasteiger partial charge in [-0.05, 0) is 12.1 Å². The van der Waals surface area contributed by atoms with Crippen LogP contribution in [-0.2, 0) is 17.5 Å². The van der Waals surface area contributed by atoms with Crippen LogP contribution >= 0.6 is 11.6 Å². The highest BCUT2D eigenvalue weighted by atomic mass is 35.5. The molecule has 0 bridgehead atoms. The van der Waals surface area contributed by atoms with E-state index < -0.39 is 29.2 Å². The van der Waals surface area contributed by atoms with E-state index in [2.05, 4.69) is 10.4 Å². The minimum absolute atomic E-state index is 0.0194. The summed E-state index contributed by atoms with van der Waals surface area (Å²) in [6.07, 6.45) is -3.61. The molecule has 11 heteroatoms. The average molecular weight is 349 g/mol. The molecule has 7 nitrogen and oxygen atoms in total. The Morgan fingerprint density at radius 1 is 1.39 bits per heavy atom. The number of nitro benzene ring substituents is 1. The number of rotatable bonds is 4. The van der Waals surface area contributed by atoms with Crippen molar-refractivity contribution >= 4 is 28.9 Å². The molecule has 0 aliphatic heterocycles. The van der Waals surface area contributed by atoms with Crippen molar-refractivity contribution in [1.29, 1.82) is 0 Å². The van der Waals surface area contributed by atoms with E-state index >= 15 is 0 Å². The zero-order chi connectivity index (χ0) is 17.2. The number of carbonyl (C=O) groups is 1. The van der Waals surface area contributed by atoms with Crippen LogP contribution in [0.4, 0.5) is 24.5 Å². The Hall–Kier alpha value is -2.62. The van der Waals surface area contributed by atoms with Gasteiger partial charge in [0.25, 0.3) is 5.69 Å². The molecule has 1 N–H and O–H groups in total. The van der Waals surface area contributed by atoms with Gasteiger partial charge in [0.2, 0.25) is 5.91 Å². The number of aromatic nitrogens is 2. The van der Waals surface area contributed by atoms with Gasteiger partial charge in [0, 0.05) is 18.3 Å². The summed E-state index contributed by atoms with van der Waals surface area (Å²) in [5.41, 5.74) is -1.43. The van der Waals surface area contributed by atoms with Crippen LogP contribution in [0.1, 0.15) is 5.69 Å². The number of halogens is 4. The second-order valence-electron chi connectivity index (χ2n) is 4.37. The number of anilines is 1. The van der Waals surface area contributed by atoms with Gasteiger partial charge < -0.3 is 5.32 Å². The van der Waals surface area contributed by atoms with Crippen LogP contribution < -0.4 is 5.32 Å². The van der Waals surface area contributed by atoms with Crippen LogP contribution in [0.25, 0.3) is 0 Å². The van der Waals surface area contributed by atoms with Crippen LogP contribution in [0.5, 0.6) is 0 Å². The third-order valence-electron chi connectivity index (χ3n) is 2.67. The van der Waals surface area contributed by atoms with E-state index in [1.165, 1.54) is 6.07 Å². The van der Waals surface area contributed by atoms with Crippen molar-refractivity contribution < 1.29 is 22.9 Å². The monoisotopic (exact) mass is 348 g/mol. The van der Waals surface area contributed by atoms with Crippen molar-refractivity contribution in [2.24, 2.45) is 0 Å². The zero-order valence-electron chi connectivity index (χ0n) is 11.2. The summed E-state index contributed by atoms with van der Waals surface area (Å²) in [6, 6.07) is 4.16. The number of non-ortho nitro benzene ring substituents is 1. The molecule has 1 heterocycles. The van der Waals surface area contributed by atoms with Gasteiger partial charge in [-0.25, -0.2) is 0 Å². The fourth-order valence-corrected chi connectivity index (χ4v) is 1.83. The topological polar surface area (TPSA) is 90.1 Å². The molecule has 0 aliphatic carbocycles. The molecule has 0 aliphatic rings. The fourth-order valence-electron chi connectivity index (χ4n) is 1.66. The highest BCUT2D eigenvalue weighted by molar-refractivity contribution is 6.33. The van der Waals surface area contributed by atoms with Crippen molar-refractivity contribution in [2.75, 3.05) is 5.32 Å². The summed E-state index contributed by atoms with van der Waals surface area (Å²) >= 11 is 5.80. The number of alkyl halides is 3. The zero-order valence-corrected chi connectivity index (χ0v) is 11.9. The SMILES string of the molecule is O=C(Cn1ccc(C(F)(F)F)n1)Nc1cc([N+](=O)[O-])ccc1Cl. The quantitative estimate of drug-likeness (QED) is 0.679. The molecule has 2 aromatic rings. The lowest BCUT2D eigenvalue weighted by Crippen LogP contribution is -2.20. The summed E-state index contributed by atoms with van der Waals surface area (Å²) < 4.78 is 38.0. The summed E-state index contributed by atoms with van der Waals surface area (Å²) in [7, 11) is 0. The minimum Gasteiger partial charge on any atom is -0.323 e. The van der Waals surface area contributed by atoms with Crippen LogP contribution in [0.2, 0.25) is 5.02 Å². The van der Waals surface area contributed by atoms with E-state index in [-0.39, 0.29) is 16.4 Å². The Morgan fingerprint density at radius 2 is 2.09 bits per heavy atom. The van der Waals surface area contributed by atoms with Crippen LogP contribution in [-0.4, -0.2) is 20.6 Å². The second kappa shape index (κ2) is 6.24. The molecule has 0 saturated heterocycles.